The highest BCUT2D eigenvalue weighted by molar-refractivity contribution is 6.30. The van der Waals surface area contributed by atoms with Crippen molar-refractivity contribution < 1.29 is 4.79 Å². The van der Waals surface area contributed by atoms with Crippen molar-refractivity contribution in [3.63, 3.8) is 0 Å². The van der Waals surface area contributed by atoms with E-state index in [1.165, 1.54) is 6.08 Å². The maximum Gasteiger partial charge on any atom is 0.241 e. The first-order valence-electron chi connectivity index (χ1n) is 5.49. The standard InChI is InChI=1S/C15H12ClNO/c16-14-7-5-12(6-8-14)13-3-1-2-11(10-13)4-9-15(17)18/h1-10H,(H2,17,18)/b9-4-. The molecule has 0 bridgehead atoms. The Hall–Kier alpha value is -2.06. The lowest BCUT2D eigenvalue weighted by atomic mass is 10.0. The fraction of sp³-hybridized carbons (Fsp3) is 0. The number of amides is 1. The molecule has 2 N–H and O–H groups in total. The number of carbonyl (C=O) groups is 1. The predicted molar refractivity (Wildman–Crippen MR) is 75.1 cm³/mol. The minimum atomic E-state index is -0.452. The van der Waals surface area contributed by atoms with Crippen LogP contribution in [0.15, 0.2) is 54.6 Å². The molecule has 90 valence electrons. The summed E-state index contributed by atoms with van der Waals surface area (Å²) in [6.45, 7) is 0. The predicted octanol–water partition coefficient (Wildman–Crippen LogP) is 3.51. The van der Waals surface area contributed by atoms with Gasteiger partial charge >= 0.3 is 0 Å². The van der Waals surface area contributed by atoms with Crippen LogP contribution >= 0.6 is 11.6 Å². The molecular weight excluding hydrogens is 246 g/mol. The summed E-state index contributed by atoms with van der Waals surface area (Å²) in [5, 5.41) is 0.712. The molecule has 1 amide bonds. The molecule has 0 saturated carbocycles. The van der Waals surface area contributed by atoms with E-state index in [0.717, 1.165) is 16.7 Å². The van der Waals surface area contributed by atoms with Crippen molar-refractivity contribution in [2.45, 2.75) is 0 Å². The number of primary amides is 1. The Kier molecular flexibility index (Phi) is 3.80. The van der Waals surface area contributed by atoms with E-state index in [9.17, 15) is 4.79 Å². The van der Waals surface area contributed by atoms with Gasteiger partial charge in [-0.1, -0.05) is 41.9 Å². The van der Waals surface area contributed by atoms with E-state index >= 15 is 0 Å². The summed E-state index contributed by atoms with van der Waals surface area (Å²) in [6.07, 6.45) is 3.04. The second-order valence-electron chi connectivity index (χ2n) is 3.87. The molecule has 0 atom stereocenters. The van der Waals surface area contributed by atoms with E-state index in [1.807, 2.05) is 48.5 Å². The lowest BCUT2D eigenvalue weighted by molar-refractivity contribution is -0.113. The topological polar surface area (TPSA) is 43.1 Å². The molecule has 0 heterocycles. The maximum atomic E-state index is 10.7. The van der Waals surface area contributed by atoms with Gasteiger partial charge in [0.2, 0.25) is 5.91 Å². The monoisotopic (exact) mass is 257 g/mol. The fourth-order valence-electron chi connectivity index (χ4n) is 1.64. The minimum absolute atomic E-state index is 0.452. The lowest BCUT2D eigenvalue weighted by Crippen LogP contribution is -2.05. The van der Waals surface area contributed by atoms with Crippen LogP contribution in [-0.2, 0) is 4.79 Å². The molecule has 0 spiro atoms. The zero-order chi connectivity index (χ0) is 13.0. The highest BCUT2D eigenvalue weighted by Gasteiger charge is 1.98. The molecule has 0 aliphatic carbocycles. The first kappa shape index (κ1) is 12.4. The third-order valence-electron chi connectivity index (χ3n) is 2.50. The molecule has 18 heavy (non-hydrogen) atoms. The number of hydrogen-bond acceptors (Lipinski definition) is 1. The average molecular weight is 258 g/mol. The summed E-state index contributed by atoms with van der Waals surface area (Å²) in [4.78, 5) is 10.7. The molecule has 3 heteroatoms. The van der Waals surface area contributed by atoms with Gasteiger partial charge in [-0.15, -0.1) is 0 Å². The van der Waals surface area contributed by atoms with Crippen LogP contribution in [-0.4, -0.2) is 5.91 Å². The molecule has 0 fully saturated rings. The zero-order valence-corrected chi connectivity index (χ0v) is 10.4. The zero-order valence-electron chi connectivity index (χ0n) is 9.64. The molecule has 0 saturated heterocycles. The Morgan fingerprint density at radius 3 is 2.44 bits per heavy atom. The first-order valence-corrected chi connectivity index (χ1v) is 5.86. The van der Waals surface area contributed by atoms with Crippen molar-refractivity contribution in [1.82, 2.24) is 0 Å². The average Bonchev–Trinajstić information content (AvgIpc) is 2.37. The van der Waals surface area contributed by atoms with E-state index < -0.39 is 5.91 Å². The van der Waals surface area contributed by atoms with Gasteiger partial charge in [0, 0.05) is 11.1 Å². The summed E-state index contributed by atoms with van der Waals surface area (Å²) in [6, 6.07) is 15.5. The van der Waals surface area contributed by atoms with Crippen LogP contribution in [0.5, 0.6) is 0 Å². The molecule has 0 aliphatic heterocycles. The van der Waals surface area contributed by atoms with Gasteiger partial charge in [-0.3, -0.25) is 4.79 Å². The molecule has 2 nitrogen and oxygen atoms in total. The number of benzene rings is 2. The van der Waals surface area contributed by atoms with Crippen LogP contribution in [0.4, 0.5) is 0 Å². The fourth-order valence-corrected chi connectivity index (χ4v) is 1.77. The van der Waals surface area contributed by atoms with Crippen LogP contribution in [0.3, 0.4) is 0 Å². The molecular formula is C15H12ClNO. The number of nitrogens with two attached hydrogens (primary N) is 1. The third kappa shape index (κ3) is 3.22. The number of rotatable bonds is 3. The Bertz CT molecular complexity index is 588. The van der Waals surface area contributed by atoms with Gasteiger partial charge in [0.1, 0.15) is 0 Å². The van der Waals surface area contributed by atoms with E-state index in [2.05, 4.69) is 0 Å². The van der Waals surface area contributed by atoms with E-state index in [4.69, 9.17) is 17.3 Å². The quantitative estimate of drug-likeness (QED) is 0.840. The molecule has 2 aromatic carbocycles. The number of hydrogen-bond donors (Lipinski definition) is 1. The SMILES string of the molecule is NC(=O)/C=C\c1cccc(-c2ccc(Cl)cc2)c1. The molecule has 0 radical (unpaired) electrons. The Balaban J connectivity index is 2.32. The Morgan fingerprint density at radius 2 is 1.78 bits per heavy atom. The summed E-state index contributed by atoms with van der Waals surface area (Å²) >= 11 is 5.85. The third-order valence-corrected chi connectivity index (χ3v) is 2.76. The van der Waals surface area contributed by atoms with Crippen LogP contribution in [0.2, 0.25) is 5.02 Å². The van der Waals surface area contributed by atoms with Crippen LogP contribution in [0.25, 0.3) is 17.2 Å². The maximum absolute atomic E-state index is 10.7. The van der Waals surface area contributed by atoms with Crippen LogP contribution < -0.4 is 5.73 Å². The molecule has 2 rings (SSSR count). The van der Waals surface area contributed by atoms with Crippen molar-refractivity contribution in [1.29, 1.82) is 0 Å². The van der Waals surface area contributed by atoms with Gasteiger partial charge in [0.05, 0.1) is 0 Å². The van der Waals surface area contributed by atoms with Gasteiger partial charge in [-0.2, -0.15) is 0 Å². The second-order valence-corrected chi connectivity index (χ2v) is 4.30. The van der Waals surface area contributed by atoms with E-state index in [0.29, 0.717) is 5.02 Å². The summed E-state index contributed by atoms with van der Waals surface area (Å²) in [7, 11) is 0. The largest absolute Gasteiger partial charge is 0.366 e. The molecule has 0 aromatic heterocycles. The van der Waals surface area contributed by atoms with Crippen molar-refractivity contribution in [2.75, 3.05) is 0 Å². The van der Waals surface area contributed by atoms with Crippen LogP contribution in [0, 0.1) is 0 Å². The second kappa shape index (κ2) is 5.52. The van der Waals surface area contributed by atoms with Gasteiger partial charge in [0.25, 0.3) is 0 Å². The molecule has 0 aliphatic rings. The van der Waals surface area contributed by atoms with Crippen LogP contribution in [0.1, 0.15) is 5.56 Å². The van der Waals surface area contributed by atoms with Gasteiger partial charge in [-0.25, -0.2) is 0 Å². The smallest absolute Gasteiger partial charge is 0.241 e. The van der Waals surface area contributed by atoms with Crippen molar-refractivity contribution in [2.24, 2.45) is 5.73 Å². The number of carbonyl (C=O) groups excluding carboxylic acids is 1. The van der Waals surface area contributed by atoms with Gasteiger partial charge in [-0.05, 0) is 41.0 Å². The normalized spacial score (nSPS) is 10.7. The van der Waals surface area contributed by atoms with E-state index in [1.54, 1.807) is 6.08 Å². The highest BCUT2D eigenvalue weighted by Crippen LogP contribution is 2.22. The van der Waals surface area contributed by atoms with Gasteiger partial charge < -0.3 is 5.73 Å². The molecule has 2 aromatic rings. The Labute approximate surface area is 111 Å². The lowest BCUT2D eigenvalue weighted by Gasteiger charge is -2.03. The van der Waals surface area contributed by atoms with Crippen molar-refractivity contribution in [3.05, 3.63) is 65.2 Å². The Morgan fingerprint density at radius 1 is 1.06 bits per heavy atom. The minimum Gasteiger partial charge on any atom is -0.366 e. The first-order chi connectivity index (χ1) is 8.65. The highest BCUT2D eigenvalue weighted by atomic mass is 35.5. The summed E-state index contributed by atoms with van der Waals surface area (Å²) in [5.41, 5.74) is 8.14. The summed E-state index contributed by atoms with van der Waals surface area (Å²) in [5.74, 6) is -0.452. The molecule has 0 unspecified atom stereocenters. The number of halogens is 1. The van der Waals surface area contributed by atoms with Gasteiger partial charge in [0.15, 0.2) is 0 Å². The van der Waals surface area contributed by atoms with Crippen molar-refractivity contribution in [3.8, 4) is 11.1 Å². The van der Waals surface area contributed by atoms with Crippen molar-refractivity contribution >= 4 is 23.6 Å². The van der Waals surface area contributed by atoms with E-state index in [-0.39, 0.29) is 0 Å². The summed E-state index contributed by atoms with van der Waals surface area (Å²) < 4.78 is 0.